The normalized spacial score (nSPS) is 13.5. The van der Waals surface area contributed by atoms with E-state index in [9.17, 15) is 0 Å². The summed E-state index contributed by atoms with van der Waals surface area (Å²) >= 11 is 0. The summed E-state index contributed by atoms with van der Waals surface area (Å²) in [4.78, 5) is 0. The van der Waals surface area contributed by atoms with Crippen molar-refractivity contribution in [2.24, 2.45) is 0 Å². The van der Waals surface area contributed by atoms with Crippen molar-refractivity contribution in [2.45, 2.75) is 13.8 Å². The maximum atomic E-state index is 3.74. The molecule has 0 aliphatic heterocycles. The lowest BCUT2D eigenvalue weighted by Crippen LogP contribution is -1.78. The molecule has 0 nitrogen and oxygen atoms in total. The quantitative estimate of drug-likeness (QED) is 0.549. The molecule has 0 rings (SSSR count). The van der Waals surface area contributed by atoms with Crippen LogP contribution < -0.4 is 0 Å². The van der Waals surface area contributed by atoms with Crippen molar-refractivity contribution in [3.63, 3.8) is 0 Å². The van der Waals surface area contributed by atoms with E-state index in [1.807, 2.05) is 50.3 Å². The van der Waals surface area contributed by atoms with Gasteiger partial charge in [0.2, 0.25) is 0 Å². The molecule has 0 aromatic rings. The van der Waals surface area contributed by atoms with Crippen molar-refractivity contribution in [2.75, 3.05) is 0 Å². The minimum Gasteiger partial charge on any atom is -0.0984 e. The Balaban J connectivity index is 4.98. The van der Waals surface area contributed by atoms with E-state index in [0.29, 0.717) is 0 Å². The molecular formula is C12H16. The molecule has 0 fully saturated rings. The van der Waals surface area contributed by atoms with Gasteiger partial charge in [0, 0.05) is 0 Å². The van der Waals surface area contributed by atoms with E-state index in [-0.39, 0.29) is 0 Å². The fourth-order valence-electron chi connectivity index (χ4n) is 0.923. The Morgan fingerprint density at radius 2 is 1.17 bits per heavy atom. The van der Waals surface area contributed by atoms with Crippen LogP contribution in [0.1, 0.15) is 13.8 Å². The third kappa shape index (κ3) is 3.20. The van der Waals surface area contributed by atoms with Gasteiger partial charge in [0.25, 0.3) is 0 Å². The zero-order chi connectivity index (χ0) is 9.40. The van der Waals surface area contributed by atoms with Gasteiger partial charge in [0.15, 0.2) is 0 Å². The first-order valence-corrected chi connectivity index (χ1v) is 4.04. The third-order valence-corrected chi connectivity index (χ3v) is 1.47. The zero-order valence-electron chi connectivity index (χ0n) is 7.88. The predicted octanol–water partition coefficient (Wildman–Crippen LogP) is 3.81. The molecule has 0 heterocycles. The smallest absolute Gasteiger partial charge is 0.0194 e. The van der Waals surface area contributed by atoms with E-state index in [2.05, 4.69) is 13.2 Å². The van der Waals surface area contributed by atoms with E-state index >= 15 is 0 Å². The van der Waals surface area contributed by atoms with Gasteiger partial charge in [0.1, 0.15) is 0 Å². The van der Waals surface area contributed by atoms with Crippen LogP contribution in [0.5, 0.6) is 0 Å². The molecule has 0 unspecified atom stereocenters. The summed E-state index contributed by atoms with van der Waals surface area (Å²) in [6, 6.07) is 0. The second-order valence-corrected chi connectivity index (χ2v) is 2.32. The van der Waals surface area contributed by atoms with Crippen LogP contribution in [-0.2, 0) is 0 Å². The van der Waals surface area contributed by atoms with Crippen molar-refractivity contribution >= 4 is 0 Å². The minimum atomic E-state index is 1.10. The Morgan fingerprint density at radius 3 is 1.33 bits per heavy atom. The second kappa shape index (κ2) is 6.41. The molecule has 12 heavy (non-hydrogen) atoms. The van der Waals surface area contributed by atoms with Crippen molar-refractivity contribution in [3.05, 3.63) is 60.8 Å². The van der Waals surface area contributed by atoms with Gasteiger partial charge in [-0.3, -0.25) is 0 Å². The fourth-order valence-corrected chi connectivity index (χ4v) is 0.923. The molecule has 0 aliphatic carbocycles. The summed E-state index contributed by atoms with van der Waals surface area (Å²) in [6.07, 6.45) is 11.7. The van der Waals surface area contributed by atoms with Crippen molar-refractivity contribution in [1.82, 2.24) is 0 Å². The molecule has 0 atom stereocenters. The Bertz CT molecular complexity index is 211. The minimum absolute atomic E-state index is 1.10. The first-order chi connectivity index (χ1) is 5.79. The van der Waals surface area contributed by atoms with Gasteiger partial charge in [-0.05, 0) is 25.0 Å². The average Bonchev–Trinajstić information content (AvgIpc) is 2.11. The van der Waals surface area contributed by atoms with E-state index in [1.54, 1.807) is 0 Å². The molecule has 0 saturated carbocycles. The Kier molecular flexibility index (Phi) is 5.72. The molecule has 0 heteroatoms. The third-order valence-electron chi connectivity index (χ3n) is 1.47. The van der Waals surface area contributed by atoms with E-state index in [4.69, 9.17) is 0 Å². The van der Waals surface area contributed by atoms with Crippen LogP contribution >= 0.6 is 0 Å². The molecule has 0 aliphatic rings. The highest BCUT2D eigenvalue weighted by Crippen LogP contribution is 2.10. The van der Waals surface area contributed by atoms with Gasteiger partial charge in [-0.25, -0.2) is 0 Å². The SMILES string of the molecule is C=CC(/C=C\C)=C(C=C)/C=C\C. The second-order valence-electron chi connectivity index (χ2n) is 2.32. The summed E-state index contributed by atoms with van der Waals surface area (Å²) < 4.78 is 0. The number of hydrogen-bond donors (Lipinski definition) is 0. The van der Waals surface area contributed by atoms with E-state index in [0.717, 1.165) is 11.1 Å². The topological polar surface area (TPSA) is 0 Å². The zero-order valence-corrected chi connectivity index (χ0v) is 7.88. The van der Waals surface area contributed by atoms with Gasteiger partial charge in [-0.15, -0.1) is 0 Å². The van der Waals surface area contributed by atoms with Crippen molar-refractivity contribution < 1.29 is 0 Å². The predicted molar refractivity (Wildman–Crippen MR) is 57.0 cm³/mol. The summed E-state index contributed by atoms with van der Waals surface area (Å²) in [5.74, 6) is 0. The molecular weight excluding hydrogens is 144 g/mol. The Morgan fingerprint density at radius 1 is 0.833 bits per heavy atom. The van der Waals surface area contributed by atoms with Crippen LogP contribution in [0.25, 0.3) is 0 Å². The highest BCUT2D eigenvalue weighted by molar-refractivity contribution is 5.45. The van der Waals surface area contributed by atoms with Crippen LogP contribution in [0.3, 0.4) is 0 Å². The molecule has 0 aromatic carbocycles. The largest absolute Gasteiger partial charge is 0.0984 e. The van der Waals surface area contributed by atoms with Crippen molar-refractivity contribution in [1.29, 1.82) is 0 Å². The summed E-state index contributed by atoms with van der Waals surface area (Å²) in [6.45, 7) is 11.5. The highest BCUT2D eigenvalue weighted by atomic mass is 14.0. The summed E-state index contributed by atoms with van der Waals surface area (Å²) in [7, 11) is 0. The first-order valence-electron chi connectivity index (χ1n) is 4.04. The first kappa shape index (κ1) is 10.7. The van der Waals surface area contributed by atoms with Crippen molar-refractivity contribution in [3.8, 4) is 0 Å². The average molecular weight is 160 g/mol. The van der Waals surface area contributed by atoms with E-state index in [1.165, 1.54) is 0 Å². The fraction of sp³-hybridized carbons (Fsp3) is 0.167. The Hall–Kier alpha value is -1.30. The van der Waals surface area contributed by atoms with Gasteiger partial charge in [-0.1, -0.05) is 49.6 Å². The molecule has 0 radical (unpaired) electrons. The molecule has 0 saturated heterocycles. The molecule has 0 spiro atoms. The molecule has 64 valence electrons. The number of allylic oxidation sites excluding steroid dienone is 8. The van der Waals surface area contributed by atoms with Crippen LogP contribution in [-0.4, -0.2) is 0 Å². The van der Waals surface area contributed by atoms with Crippen LogP contribution in [0.4, 0.5) is 0 Å². The Labute approximate surface area is 75.3 Å². The number of hydrogen-bond acceptors (Lipinski definition) is 0. The highest BCUT2D eigenvalue weighted by Gasteiger charge is 1.90. The number of rotatable bonds is 4. The van der Waals surface area contributed by atoms with Gasteiger partial charge in [0.05, 0.1) is 0 Å². The van der Waals surface area contributed by atoms with Gasteiger partial charge >= 0.3 is 0 Å². The lowest BCUT2D eigenvalue weighted by molar-refractivity contribution is 1.54. The van der Waals surface area contributed by atoms with Crippen LogP contribution in [0, 0.1) is 0 Å². The molecule has 0 amide bonds. The molecule has 0 aromatic heterocycles. The lowest BCUT2D eigenvalue weighted by atomic mass is 10.1. The van der Waals surface area contributed by atoms with E-state index < -0.39 is 0 Å². The summed E-state index contributed by atoms with van der Waals surface area (Å²) in [5.41, 5.74) is 2.20. The standard InChI is InChI=1S/C12H16/c1-5-9-11(7-3)12(8-4)10-6-2/h5-10H,3-4H2,1-2H3/b9-5-,10-6-,12-11-. The van der Waals surface area contributed by atoms with Crippen LogP contribution in [0.2, 0.25) is 0 Å². The molecule has 0 bridgehead atoms. The maximum Gasteiger partial charge on any atom is -0.0194 e. The van der Waals surface area contributed by atoms with Gasteiger partial charge in [-0.2, -0.15) is 0 Å². The molecule has 0 N–H and O–H groups in total. The lowest BCUT2D eigenvalue weighted by Gasteiger charge is -1.98. The van der Waals surface area contributed by atoms with Gasteiger partial charge < -0.3 is 0 Å². The summed E-state index contributed by atoms with van der Waals surface area (Å²) in [5, 5.41) is 0. The van der Waals surface area contributed by atoms with Crippen LogP contribution in [0.15, 0.2) is 60.8 Å². The monoisotopic (exact) mass is 160 g/mol. The maximum absolute atomic E-state index is 3.74.